The molecular formula is C22H31N5O4S. The van der Waals surface area contributed by atoms with Gasteiger partial charge < -0.3 is 14.5 Å². The Balaban J connectivity index is 1.56. The first kappa shape index (κ1) is 22.9. The van der Waals surface area contributed by atoms with Crippen LogP contribution in [0.3, 0.4) is 0 Å². The molecule has 2 N–H and O–H groups in total. The third-order valence-electron chi connectivity index (χ3n) is 6.48. The summed E-state index contributed by atoms with van der Waals surface area (Å²) in [5.41, 5.74) is 0.933. The maximum Gasteiger partial charge on any atom is 0.327 e. The molecule has 0 bridgehead atoms. The second kappa shape index (κ2) is 9.68. The Morgan fingerprint density at radius 3 is 2.62 bits per heavy atom. The van der Waals surface area contributed by atoms with E-state index < -0.39 is 12.1 Å². The number of nitrogens with zero attached hydrogens (tertiary/aromatic N) is 3. The number of imide groups is 1. The number of piperidine rings is 1. The number of amides is 4. The summed E-state index contributed by atoms with van der Waals surface area (Å²) >= 11 is 1.44. The highest BCUT2D eigenvalue weighted by Gasteiger charge is 2.51. The molecule has 0 aliphatic carbocycles. The number of rotatable bonds is 5. The van der Waals surface area contributed by atoms with Crippen LogP contribution in [0.1, 0.15) is 31.0 Å². The van der Waals surface area contributed by atoms with Gasteiger partial charge in [0.05, 0.1) is 36.5 Å². The normalized spacial score (nSPS) is 28.5. The van der Waals surface area contributed by atoms with Crippen molar-refractivity contribution < 1.29 is 19.1 Å². The molecule has 174 valence electrons. The molecule has 32 heavy (non-hydrogen) atoms. The minimum atomic E-state index is -0.510. The van der Waals surface area contributed by atoms with Gasteiger partial charge in [-0.1, -0.05) is 12.1 Å². The molecule has 3 aliphatic heterocycles. The molecule has 4 rings (SSSR count). The number of hydrogen-bond donors (Lipinski definition) is 2. The maximum absolute atomic E-state index is 13.1. The van der Waals surface area contributed by atoms with Crippen molar-refractivity contribution in [3.8, 4) is 5.75 Å². The average Bonchev–Trinajstić information content (AvgIpc) is 2.84. The van der Waals surface area contributed by atoms with E-state index in [2.05, 4.69) is 10.6 Å². The molecule has 4 atom stereocenters. The SMILES string of the molecule is COc1cccc(C2NC(SCC(=O)N3CCCCC3)C3C(=O)N(C)C(=O)N(C)C3N2)c1. The van der Waals surface area contributed by atoms with E-state index in [1.165, 1.54) is 25.2 Å². The Morgan fingerprint density at radius 1 is 1.16 bits per heavy atom. The third-order valence-corrected chi connectivity index (χ3v) is 7.68. The molecule has 4 unspecified atom stereocenters. The smallest absolute Gasteiger partial charge is 0.327 e. The van der Waals surface area contributed by atoms with E-state index in [9.17, 15) is 14.4 Å². The number of likely N-dealkylation sites (tertiary alicyclic amines) is 1. The van der Waals surface area contributed by atoms with Crippen molar-refractivity contribution in [3.63, 3.8) is 0 Å². The van der Waals surface area contributed by atoms with Crippen LogP contribution in [0.4, 0.5) is 4.79 Å². The summed E-state index contributed by atoms with van der Waals surface area (Å²) in [6, 6.07) is 7.31. The van der Waals surface area contributed by atoms with Crippen LogP contribution < -0.4 is 15.4 Å². The zero-order valence-corrected chi connectivity index (χ0v) is 19.6. The van der Waals surface area contributed by atoms with Crippen molar-refractivity contribution in [1.82, 2.24) is 25.3 Å². The monoisotopic (exact) mass is 461 g/mol. The van der Waals surface area contributed by atoms with E-state index in [0.717, 1.165) is 42.1 Å². The summed E-state index contributed by atoms with van der Waals surface area (Å²) in [4.78, 5) is 43.1. The molecule has 3 heterocycles. The fourth-order valence-corrected chi connectivity index (χ4v) is 5.82. The summed E-state index contributed by atoms with van der Waals surface area (Å²) in [5, 5.41) is 6.59. The van der Waals surface area contributed by atoms with Crippen molar-refractivity contribution in [2.75, 3.05) is 40.0 Å². The molecule has 4 amide bonds. The lowest BCUT2D eigenvalue weighted by Crippen LogP contribution is -2.72. The fourth-order valence-electron chi connectivity index (χ4n) is 4.61. The Bertz CT molecular complexity index is 878. The maximum atomic E-state index is 13.1. The number of methoxy groups -OCH3 is 1. The Labute approximate surface area is 192 Å². The second-order valence-corrected chi connectivity index (χ2v) is 9.61. The van der Waals surface area contributed by atoms with E-state index >= 15 is 0 Å². The van der Waals surface area contributed by atoms with Gasteiger partial charge in [0, 0.05) is 27.2 Å². The summed E-state index contributed by atoms with van der Waals surface area (Å²) < 4.78 is 5.36. The van der Waals surface area contributed by atoms with Crippen LogP contribution in [-0.2, 0) is 9.59 Å². The first-order valence-corrected chi connectivity index (χ1v) is 12.1. The van der Waals surface area contributed by atoms with E-state index in [1.54, 1.807) is 19.1 Å². The molecule has 3 fully saturated rings. The van der Waals surface area contributed by atoms with Gasteiger partial charge in [0.15, 0.2) is 0 Å². The van der Waals surface area contributed by atoms with E-state index in [1.807, 2.05) is 29.2 Å². The number of nitrogens with one attached hydrogen (secondary N) is 2. The van der Waals surface area contributed by atoms with Crippen LogP contribution in [0.15, 0.2) is 24.3 Å². The number of carbonyl (C=O) groups is 3. The predicted molar refractivity (Wildman–Crippen MR) is 122 cm³/mol. The average molecular weight is 462 g/mol. The largest absolute Gasteiger partial charge is 0.497 e. The molecule has 0 radical (unpaired) electrons. The van der Waals surface area contributed by atoms with Gasteiger partial charge in [-0.05, 0) is 37.0 Å². The highest BCUT2D eigenvalue weighted by molar-refractivity contribution is 8.00. The van der Waals surface area contributed by atoms with Crippen LogP contribution in [0, 0.1) is 5.92 Å². The second-order valence-electron chi connectivity index (χ2n) is 8.48. The number of ether oxygens (including phenoxy) is 1. The molecule has 3 aliphatic rings. The number of benzene rings is 1. The molecule has 10 heteroatoms. The quantitative estimate of drug-likeness (QED) is 0.685. The molecule has 0 aromatic heterocycles. The minimum Gasteiger partial charge on any atom is -0.497 e. The highest BCUT2D eigenvalue weighted by Crippen LogP contribution is 2.35. The number of hydrogen-bond acceptors (Lipinski definition) is 7. The zero-order chi connectivity index (χ0) is 22.8. The van der Waals surface area contributed by atoms with Crippen molar-refractivity contribution >= 4 is 29.6 Å². The number of urea groups is 1. The first-order chi connectivity index (χ1) is 15.4. The van der Waals surface area contributed by atoms with Crippen LogP contribution in [0.25, 0.3) is 0 Å². The Kier molecular flexibility index (Phi) is 6.92. The van der Waals surface area contributed by atoms with Gasteiger partial charge in [0.2, 0.25) is 11.8 Å². The van der Waals surface area contributed by atoms with Crippen LogP contribution in [0.5, 0.6) is 5.75 Å². The van der Waals surface area contributed by atoms with Gasteiger partial charge in [-0.2, -0.15) is 0 Å². The van der Waals surface area contributed by atoms with Crippen molar-refractivity contribution in [2.45, 2.75) is 37.0 Å². The molecule has 0 spiro atoms. The molecule has 1 aromatic carbocycles. The Morgan fingerprint density at radius 2 is 1.91 bits per heavy atom. The summed E-state index contributed by atoms with van der Waals surface area (Å²) in [7, 11) is 4.82. The zero-order valence-electron chi connectivity index (χ0n) is 18.7. The van der Waals surface area contributed by atoms with Gasteiger partial charge in [0.25, 0.3) is 0 Å². The van der Waals surface area contributed by atoms with E-state index in [4.69, 9.17) is 4.74 Å². The molecule has 3 saturated heterocycles. The lowest BCUT2D eigenvalue weighted by molar-refractivity contribution is -0.140. The topological polar surface area (TPSA) is 94.2 Å². The fraction of sp³-hybridized carbons (Fsp3) is 0.591. The van der Waals surface area contributed by atoms with E-state index in [0.29, 0.717) is 5.75 Å². The molecule has 0 saturated carbocycles. The predicted octanol–water partition coefficient (Wildman–Crippen LogP) is 1.42. The lowest BCUT2D eigenvalue weighted by Gasteiger charge is -2.50. The lowest BCUT2D eigenvalue weighted by atomic mass is 9.96. The first-order valence-electron chi connectivity index (χ1n) is 11.0. The summed E-state index contributed by atoms with van der Waals surface area (Å²) in [6.07, 6.45) is 2.47. The van der Waals surface area contributed by atoms with Gasteiger partial charge in [-0.3, -0.25) is 25.1 Å². The van der Waals surface area contributed by atoms with Crippen molar-refractivity contribution in [3.05, 3.63) is 29.8 Å². The third kappa shape index (κ3) is 4.44. The van der Waals surface area contributed by atoms with Gasteiger partial charge >= 0.3 is 6.03 Å². The molecule has 1 aromatic rings. The summed E-state index contributed by atoms with van der Waals surface area (Å²) in [6.45, 7) is 1.60. The van der Waals surface area contributed by atoms with Crippen LogP contribution >= 0.6 is 11.8 Å². The Hall–Kier alpha value is -2.30. The standard InChI is InChI=1S/C22H31N5O4S/c1-25-19-17(21(29)26(2)22(25)30)20(32-13-16(28)27-10-5-4-6-11-27)24-18(23-19)14-8-7-9-15(12-14)31-3/h7-9,12,17-20,23-24H,4-6,10-11,13H2,1-3H3. The van der Waals surface area contributed by atoms with Crippen LogP contribution in [-0.4, -0.2) is 84.1 Å². The number of thioether (sulfide) groups is 1. The van der Waals surface area contributed by atoms with Crippen LogP contribution in [0.2, 0.25) is 0 Å². The number of carbonyl (C=O) groups excluding carboxylic acids is 3. The van der Waals surface area contributed by atoms with Crippen molar-refractivity contribution in [2.24, 2.45) is 5.92 Å². The molecule has 9 nitrogen and oxygen atoms in total. The van der Waals surface area contributed by atoms with Crippen molar-refractivity contribution in [1.29, 1.82) is 0 Å². The molecular weight excluding hydrogens is 430 g/mol. The van der Waals surface area contributed by atoms with E-state index in [-0.39, 0.29) is 29.4 Å². The minimum absolute atomic E-state index is 0.102. The number of fused-ring (bicyclic) bond motifs is 1. The van der Waals surface area contributed by atoms with Gasteiger partial charge in [-0.15, -0.1) is 11.8 Å². The summed E-state index contributed by atoms with van der Waals surface area (Å²) in [5.74, 6) is 0.362. The van der Waals surface area contributed by atoms with Gasteiger partial charge in [-0.25, -0.2) is 4.79 Å². The van der Waals surface area contributed by atoms with Gasteiger partial charge in [0.1, 0.15) is 5.75 Å². The highest BCUT2D eigenvalue weighted by atomic mass is 32.2.